The predicted octanol–water partition coefficient (Wildman–Crippen LogP) is 1.83. The van der Waals surface area contributed by atoms with E-state index in [2.05, 4.69) is 9.62 Å². The molecule has 158 valence electrons. The Balaban J connectivity index is 1.72. The van der Waals surface area contributed by atoms with Crippen molar-refractivity contribution in [3.63, 3.8) is 0 Å². The molecule has 1 aliphatic rings. The first-order chi connectivity index (χ1) is 13.8. The van der Waals surface area contributed by atoms with Gasteiger partial charge in [-0.05, 0) is 49.7 Å². The average Bonchev–Trinajstić information content (AvgIpc) is 2.73. The number of nitrogens with one attached hydrogen (secondary N) is 1. The number of sulfone groups is 1. The summed E-state index contributed by atoms with van der Waals surface area (Å²) in [6, 6.07) is 12.2. The zero-order valence-corrected chi connectivity index (χ0v) is 18.0. The van der Waals surface area contributed by atoms with Gasteiger partial charge >= 0.3 is 0 Å². The quantitative estimate of drug-likeness (QED) is 0.632. The molecule has 1 saturated heterocycles. The number of rotatable bonds is 8. The summed E-state index contributed by atoms with van der Waals surface area (Å²) in [7, 11) is -7.61. The lowest BCUT2D eigenvalue weighted by atomic mass is 10.2. The molecule has 1 aliphatic heterocycles. The first kappa shape index (κ1) is 21.9. The number of benzene rings is 2. The molecule has 0 aliphatic carbocycles. The Morgan fingerprint density at radius 2 is 1.66 bits per heavy atom. The van der Waals surface area contributed by atoms with Crippen LogP contribution in [0.3, 0.4) is 0 Å². The van der Waals surface area contributed by atoms with Crippen LogP contribution in [-0.4, -0.2) is 61.1 Å². The van der Waals surface area contributed by atoms with Crippen molar-refractivity contribution >= 4 is 19.9 Å². The zero-order chi connectivity index (χ0) is 20.9. The van der Waals surface area contributed by atoms with Crippen molar-refractivity contribution < 1.29 is 21.6 Å². The van der Waals surface area contributed by atoms with Crippen molar-refractivity contribution in [2.75, 3.05) is 39.4 Å². The van der Waals surface area contributed by atoms with Crippen molar-refractivity contribution in [2.24, 2.45) is 0 Å². The second kappa shape index (κ2) is 9.36. The fourth-order valence-electron chi connectivity index (χ4n) is 3.18. The lowest BCUT2D eigenvalue weighted by molar-refractivity contribution is 0.0376. The summed E-state index contributed by atoms with van der Waals surface area (Å²) in [5, 5.41) is 0. The Morgan fingerprint density at radius 1 is 0.966 bits per heavy atom. The maximum Gasteiger partial charge on any atom is 0.240 e. The van der Waals surface area contributed by atoms with Gasteiger partial charge in [-0.25, -0.2) is 21.6 Å². The van der Waals surface area contributed by atoms with Gasteiger partial charge in [0, 0.05) is 19.6 Å². The van der Waals surface area contributed by atoms with Crippen LogP contribution in [-0.2, 0) is 24.6 Å². The molecule has 7 nitrogen and oxygen atoms in total. The van der Waals surface area contributed by atoms with Crippen LogP contribution in [0, 0.1) is 6.92 Å². The summed E-state index contributed by atoms with van der Waals surface area (Å²) < 4.78 is 59.1. The Morgan fingerprint density at radius 3 is 2.34 bits per heavy atom. The van der Waals surface area contributed by atoms with Crippen molar-refractivity contribution in [3.05, 3.63) is 54.1 Å². The minimum Gasteiger partial charge on any atom is -0.379 e. The van der Waals surface area contributed by atoms with Gasteiger partial charge in [0.05, 0.1) is 27.9 Å². The minimum atomic E-state index is -3.82. The summed E-state index contributed by atoms with van der Waals surface area (Å²) in [6.45, 7) is 5.83. The number of sulfonamides is 1. The summed E-state index contributed by atoms with van der Waals surface area (Å²) in [6.07, 6.45) is 0.667. The SMILES string of the molecule is Cc1ccc(S(=O)(=O)c2ccccc2)cc1S(=O)(=O)NCCCN1CCOCC1. The van der Waals surface area contributed by atoms with E-state index in [4.69, 9.17) is 4.74 Å². The van der Waals surface area contributed by atoms with E-state index >= 15 is 0 Å². The number of ether oxygens (including phenoxy) is 1. The molecular formula is C20H26N2O5S2. The summed E-state index contributed by atoms with van der Waals surface area (Å²) in [5.74, 6) is 0. The smallest absolute Gasteiger partial charge is 0.240 e. The van der Waals surface area contributed by atoms with Crippen LogP contribution in [0.15, 0.2) is 63.2 Å². The fraction of sp³-hybridized carbons (Fsp3) is 0.400. The van der Waals surface area contributed by atoms with Gasteiger partial charge in [0.2, 0.25) is 19.9 Å². The van der Waals surface area contributed by atoms with E-state index in [1.165, 1.54) is 30.3 Å². The highest BCUT2D eigenvalue weighted by atomic mass is 32.2. The Kier molecular flexibility index (Phi) is 7.07. The third kappa shape index (κ3) is 5.43. The molecule has 2 aromatic carbocycles. The topological polar surface area (TPSA) is 92.8 Å². The second-order valence-corrected chi connectivity index (χ2v) is 10.6. The van der Waals surface area contributed by atoms with Gasteiger partial charge in [0.15, 0.2) is 0 Å². The van der Waals surface area contributed by atoms with Gasteiger partial charge in [0.1, 0.15) is 0 Å². The van der Waals surface area contributed by atoms with Crippen LogP contribution in [0.5, 0.6) is 0 Å². The standard InChI is InChI=1S/C20H26N2O5S2/c1-17-8-9-19(28(23,24)18-6-3-2-4-7-18)16-20(17)29(25,26)21-10-5-11-22-12-14-27-15-13-22/h2-4,6-9,16,21H,5,10-15H2,1H3. The Hall–Kier alpha value is -1.78. The molecule has 2 aromatic rings. The van der Waals surface area contributed by atoms with Gasteiger partial charge in [-0.3, -0.25) is 4.90 Å². The normalized spacial score (nSPS) is 16.0. The second-order valence-electron chi connectivity index (χ2n) is 6.95. The first-order valence-corrected chi connectivity index (χ1v) is 12.5. The molecule has 0 spiro atoms. The number of nitrogens with zero attached hydrogens (tertiary/aromatic N) is 1. The molecular weight excluding hydrogens is 412 g/mol. The van der Waals surface area contributed by atoms with E-state index in [-0.39, 0.29) is 21.2 Å². The summed E-state index contributed by atoms with van der Waals surface area (Å²) in [5.41, 5.74) is 0.498. The average molecular weight is 439 g/mol. The monoisotopic (exact) mass is 438 g/mol. The number of hydrogen-bond acceptors (Lipinski definition) is 6. The molecule has 0 aromatic heterocycles. The van der Waals surface area contributed by atoms with Crippen LogP contribution in [0.4, 0.5) is 0 Å². The number of hydrogen-bond donors (Lipinski definition) is 1. The van der Waals surface area contributed by atoms with E-state index in [0.717, 1.165) is 19.6 Å². The third-order valence-corrected chi connectivity index (χ3v) is 8.23. The molecule has 1 fully saturated rings. The van der Waals surface area contributed by atoms with Gasteiger partial charge < -0.3 is 4.74 Å². The largest absolute Gasteiger partial charge is 0.379 e. The zero-order valence-electron chi connectivity index (χ0n) is 16.4. The number of aryl methyl sites for hydroxylation is 1. The fourth-order valence-corrected chi connectivity index (χ4v) is 5.91. The minimum absolute atomic E-state index is 0.0131. The van der Waals surface area contributed by atoms with Crippen molar-refractivity contribution in [3.8, 4) is 0 Å². The molecule has 0 saturated carbocycles. The predicted molar refractivity (Wildman–Crippen MR) is 110 cm³/mol. The summed E-state index contributed by atoms with van der Waals surface area (Å²) in [4.78, 5) is 2.31. The van der Waals surface area contributed by atoms with E-state index < -0.39 is 19.9 Å². The highest BCUT2D eigenvalue weighted by Gasteiger charge is 2.23. The number of morpholine rings is 1. The Bertz CT molecular complexity index is 1030. The molecule has 29 heavy (non-hydrogen) atoms. The van der Waals surface area contributed by atoms with Crippen LogP contribution < -0.4 is 4.72 Å². The van der Waals surface area contributed by atoms with Crippen LogP contribution in [0.25, 0.3) is 0 Å². The molecule has 0 atom stereocenters. The molecule has 9 heteroatoms. The van der Waals surface area contributed by atoms with Gasteiger partial charge in [-0.2, -0.15) is 0 Å². The van der Waals surface area contributed by atoms with Crippen LogP contribution in [0.2, 0.25) is 0 Å². The maximum absolute atomic E-state index is 12.8. The summed E-state index contributed by atoms with van der Waals surface area (Å²) >= 11 is 0. The first-order valence-electron chi connectivity index (χ1n) is 9.51. The van der Waals surface area contributed by atoms with E-state index in [0.29, 0.717) is 25.2 Å². The molecule has 1 N–H and O–H groups in total. The molecule has 0 amide bonds. The Labute approximate surface area is 172 Å². The van der Waals surface area contributed by atoms with Gasteiger partial charge in [0.25, 0.3) is 0 Å². The molecule has 0 bridgehead atoms. The van der Waals surface area contributed by atoms with Gasteiger partial charge in [-0.15, -0.1) is 0 Å². The molecule has 0 unspecified atom stereocenters. The lowest BCUT2D eigenvalue weighted by Crippen LogP contribution is -2.38. The van der Waals surface area contributed by atoms with Gasteiger partial charge in [-0.1, -0.05) is 24.3 Å². The van der Waals surface area contributed by atoms with Crippen LogP contribution >= 0.6 is 0 Å². The molecule has 1 heterocycles. The highest BCUT2D eigenvalue weighted by Crippen LogP contribution is 2.25. The third-order valence-electron chi connectivity index (χ3n) is 4.86. The van der Waals surface area contributed by atoms with Crippen molar-refractivity contribution in [1.82, 2.24) is 9.62 Å². The van der Waals surface area contributed by atoms with E-state index in [9.17, 15) is 16.8 Å². The van der Waals surface area contributed by atoms with E-state index in [1.54, 1.807) is 25.1 Å². The van der Waals surface area contributed by atoms with Crippen molar-refractivity contribution in [1.29, 1.82) is 0 Å². The maximum atomic E-state index is 12.8. The van der Waals surface area contributed by atoms with Crippen LogP contribution in [0.1, 0.15) is 12.0 Å². The molecule has 3 rings (SSSR count). The van der Waals surface area contributed by atoms with Crippen molar-refractivity contribution in [2.45, 2.75) is 28.0 Å². The molecule has 0 radical (unpaired) electrons. The van der Waals surface area contributed by atoms with E-state index in [1.807, 2.05) is 0 Å². The highest BCUT2D eigenvalue weighted by molar-refractivity contribution is 7.91. The lowest BCUT2D eigenvalue weighted by Gasteiger charge is -2.26.